The molecule has 0 amide bonds. The summed E-state index contributed by atoms with van der Waals surface area (Å²) in [5.74, 6) is 1.40. The predicted molar refractivity (Wildman–Crippen MR) is 68.9 cm³/mol. The number of H-pyrrole nitrogens is 1. The summed E-state index contributed by atoms with van der Waals surface area (Å²) in [7, 11) is 0. The second kappa shape index (κ2) is 5.57. The lowest BCUT2D eigenvalue weighted by Crippen LogP contribution is -2.01. The molecular formula is C12H17N5O. The second-order valence-electron chi connectivity index (χ2n) is 4.39. The van der Waals surface area contributed by atoms with Crippen molar-refractivity contribution in [1.29, 1.82) is 0 Å². The Bertz CT molecular complexity index is 548. The number of nitrogens with one attached hydrogen (secondary N) is 1. The Hall–Kier alpha value is -1.98. The minimum Gasteiger partial charge on any atom is -0.382 e. The number of rotatable bonds is 6. The molecule has 6 nitrogen and oxygen atoms in total. The molecule has 3 N–H and O–H groups in total. The van der Waals surface area contributed by atoms with Gasteiger partial charge in [-0.1, -0.05) is 6.42 Å². The van der Waals surface area contributed by atoms with Crippen LogP contribution < -0.4 is 5.73 Å². The number of anilines is 1. The minimum absolute atomic E-state index is 0.244. The highest BCUT2D eigenvalue weighted by Gasteiger charge is 2.06. The van der Waals surface area contributed by atoms with E-state index in [4.69, 9.17) is 5.73 Å². The number of hydrogen-bond donors (Lipinski definition) is 2. The molecule has 2 aromatic rings. The van der Waals surface area contributed by atoms with Gasteiger partial charge in [-0.3, -0.25) is 0 Å². The average Bonchev–Trinajstić information content (AvgIpc) is 2.77. The fourth-order valence-corrected chi connectivity index (χ4v) is 1.85. The van der Waals surface area contributed by atoms with Crippen LogP contribution in [0.5, 0.6) is 0 Å². The standard InChI is InChI=1S/C12H17N5O/c1-8(18)5-3-2-4-6-9-16-11(13)10-12(17-9)15-7-14-10/h7H,2-6H2,1H3,(H3,13,14,15,16,17). The number of aryl methyl sites for hydroxylation is 1. The quantitative estimate of drug-likeness (QED) is 0.756. The summed E-state index contributed by atoms with van der Waals surface area (Å²) in [6.45, 7) is 1.62. The molecule has 0 unspecified atom stereocenters. The monoisotopic (exact) mass is 247 g/mol. The number of imidazole rings is 1. The van der Waals surface area contributed by atoms with Crippen LogP contribution in [-0.2, 0) is 11.2 Å². The summed E-state index contributed by atoms with van der Waals surface area (Å²) in [5.41, 5.74) is 7.11. The number of nitrogens with zero attached hydrogens (tertiary/aromatic N) is 3. The van der Waals surface area contributed by atoms with Crippen molar-refractivity contribution in [3.05, 3.63) is 12.2 Å². The molecule has 0 aromatic carbocycles. The van der Waals surface area contributed by atoms with Crippen molar-refractivity contribution in [3.63, 3.8) is 0 Å². The minimum atomic E-state index is 0.244. The molecule has 6 heteroatoms. The van der Waals surface area contributed by atoms with Crippen molar-refractivity contribution < 1.29 is 4.79 Å². The van der Waals surface area contributed by atoms with Crippen molar-refractivity contribution in [2.24, 2.45) is 0 Å². The fourth-order valence-electron chi connectivity index (χ4n) is 1.85. The highest BCUT2D eigenvalue weighted by molar-refractivity contribution is 5.80. The zero-order valence-corrected chi connectivity index (χ0v) is 10.4. The van der Waals surface area contributed by atoms with Crippen LogP contribution >= 0.6 is 0 Å². The van der Waals surface area contributed by atoms with E-state index in [1.54, 1.807) is 13.3 Å². The van der Waals surface area contributed by atoms with Crippen LogP contribution in [-0.4, -0.2) is 25.7 Å². The van der Waals surface area contributed by atoms with Crippen molar-refractivity contribution in [3.8, 4) is 0 Å². The number of hydrogen-bond acceptors (Lipinski definition) is 5. The van der Waals surface area contributed by atoms with Crippen LogP contribution in [0.2, 0.25) is 0 Å². The Labute approximate surface area is 105 Å². The van der Waals surface area contributed by atoms with Gasteiger partial charge in [0.2, 0.25) is 0 Å². The molecule has 0 aliphatic heterocycles. The number of nitrogen functional groups attached to an aromatic ring is 1. The van der Waals surface area contributed by atoms with Crippen molar-refractivity contribution >= 4 is 22.8 Å². The lowest BCUT2D eigenvalue weighted by atomic mass is 10.1. The Balaban J connectivity index is 1.89. The maximum Gasteiger partial charge on any atom is 0.183 e. The molecule has 0 radical (unpaired) electrons. The molecular weight excluding hydrogens is 230 g/mol. The summed E-state index contributed by atoms with van der Waals surface area (Å²) in [6.07, 6.45) is 5.87. The highest BCUT2D eigenvalue weighted by Crippen LogP contribution is 2.14. The van der Waals surface area contributed by atoms with E-state index in [1.165, 1.54) is 0 Å². The fraction of sp³-hybridized carbons (Fsp3) is 0.500. The van der Waals surface area contributed by atoms with Crippen LogP contribution in [0.15, 0.2) is 6.33 Å². The molecule has 96 valence electrons. The van der Waals surface area contributed by atoms with Crippen LogP contribution in [0.3, 0.4) is 0 Å². The van der Waals surface area contributed by atoms with Gasteiger partial charge in [-0.05, 0) is 19.8 Å². The van der Waals surface area contributed by atoms with Crippen molar-refractivity contribution in [2.75, 3.05) is 5.73 Å². The lowest BCUT2D eigenvalue weighted by Gasteiger charge is -2.02. The SMILES string of the molecule is CC(=O)CCCCCc1nc(N)c2[nH]cnc2n1. The molecule has 0 bridgehead atoms. The molecule has 2 rings (SSSR count). The van der Waals surface area contributed by atoms with Gasteiger partial charge >= 0.3 is 0 Å². The number of carbonyl (C=O) groups excluding carboxylic acids is 1. The van der Waals surface area contributed by atoms with Gasteiger partial charge in [0.05, 0.1) is 6.33 Å². The number of carbonyl (C=O) groups is 1. The van der Waals surface area contributed by atoms with Gasteiger partial charge in [0, 0.05) is 12.8 Å². The largest absolute Gasteiger partial charge is 0.382 e. The van der Waals surface area contributed by atoms with Crippen LogP contribution in [0.1, 0.15) is 38.4 Å². The third-order valence-electron chi connectivity index (χ3n) is 2.79. The van der Waals surface area contributed by atoms with Crippen LogP contribution in [0.4, 0.5) is 5.82 Å². The molecule has 0 saturated carbocycles. The van der Waals surface area contributed by atoms with Gasteiger partial charge in [-0.15, -0.1) is 0 Å². The third-order valence-corrected chi connectivity index (χ3v) is 2.79. The molecule has 0 saturated heterocycles. The molecule has 0 spiro atoms. The first-order chi connectivity index (χ1) is 8.66. The van der Waals surface area contributed by atoms with Gasteiger partial charge in [-0.2, -0.15) is 0 Å². The third kappa shape index (κ3) is 3.03. The maximum absolute atomic E-state index is 10.8. The van der Waals surface area contributed by atoms with Gasteiger partial charge in [-0.25, -0.2) is 15.0 Å². The molecule has 0 fully saturated rings. The zero-order valence-electron chi connectivity index (χ0n) is 10.4. The van der Waals surface area contributed by atoms with E-state index in [0.29, 0.717) is 23.4 Å². The summed E-state index contributed by atoms with van der Waals surface area (Å²) in [5, 5.41) is 0. The average molecular weight is 247 g/mol. The number of Topliss-reactive ketones (excluding diaryl/α,β-unsaturated/α-hetero) is 1. The zero-order chi connectivity index (χ0) is 13.0. The summed E-state index contributed by atoms with van der Waals surface area (Å²) in [6, 6.07) is 0. The Morgan fingerprint density at radius 3 is 2.94 bits per heavy atom. The topological polar surface area (TPSA) is 97.6 Å². The number of aromatic nitrogens is 4. The van der Waals surface area contributed by atoms with Gasteiger partial charge in [0.15, 0.2) is 11.5 Å². The summed E-state index contributed by atoms with van der Waals surface area (Å²) < 4.78 is 0. The molecule has 0 atom stereocenters. The molecule has 18 heavy (non-hydrogen) atoms. The normalized spacial score (nSPS) is 10.9. The molecule has 0 aliphatic carbocycles. The lowest BCUT2D eigenvalue weighted by molar-refractivity contribution is -0.117. The van der Waals surface area contributed by atoms with E-state index >= 15 is 0 Å². The van der Waals surface area contributed by atoms with E-state index in [1.807, 2.05) is 0 Å². The van der Waals surface area contributed by atoms with Gasteiger partial charge in [0.25, 0.3) is 0 Å². The van der Waals surface area contributed by atoms with E-state index in [0.717, 1.165) is 31.5 Å². The van der Waals surface area contributed by atoms with Crippen LogP contribution in [0.25, 0.3) is 11.2 Å². The predicted octanol–water partition coefficient (Wildman–Crippen LogP) is 1.63. The molecule has 0 aliphatic rings. The van der Waals surface area contributed by atoms with E-state index in [9.17, 15) is 4.79 Å². The smallest absolute Gasteiger partial charge is 0.183 e. The Morgan fingerprint density at radius 1 is 1.33 bits per heavy atom. The van der Waals surface area contributed by atoms with Gasteiger partial charge in [0.1, 0.15) is 17.1 Å². The number of nitrogens with two attached hydrogens (primary N) is 1. The van der Waals surface area contributed by atoms with Crippen molar-refractivity contribution in [1.82, 2.24) is 19.9 Å². The number of aromatic amines is 1. The van der Waals surface area contributed by atoms with Crippen molar-refractivity contribution in [2.45, 2.75) is 39.0 Å². The van der Waals surface area contributed by atoms with E-state index < -0.39 is 0 Å². The number of unbranched alkanes of at least 4 members (excludes halogenated alkanes) is 2. The first-order valence-electron chi connectivity index (χ1n) is 6.11. The van der Waals surface area contributed by atoms with E-state index in [2.05, 4.69) is 19.9 Å². The van der Waals surface area contributed by atoms with Gasteiger partial charge < -0.3 is 15.5 Å². The second-order valence-corrected chi connectivity index (χ2v) is 4.39. The number of ketones is 1. The summed E-state index contributed by atoms with van der Waals surface area (Å²) in [4.78, 5) is 26.3. The highest BCUT2D eigenvalue weighted by atomic mass is 16.1. The van der Waals surface area contributed by atoms with E-state index in [-0.39, 0.29) is 5.78 Å². The number of fused-ring (bicyclic) bond motifs is 1. The Kier molecular flexibility index (Phi) is 3.86. The molecule has 2 aromatic heterocycles. The summed E-state index contributed by atoms with van der Waals surface area (Å²) >= 11 is 0. The maximum atomic E-state index is 10.8. The first-order valence-corrected chi connectivity index (χ1v) is 6.11. The first kappa shape index (κ1) is 12.5. The Morgan fingerprint density at radius 2 is 2.17 bits per heavy atom. The molecule has 2 heterocycles. The van der Waals surface area contributed by atoms with Crippen LogP contribution in [0, 0.1) is 0 Å².